The lowest BCUT2D eigenvalue weighted by molar-refractivity contribution is -0.136. The molecule has 7 heteroatoms. The van der Waals surface area contributed by atoms with E-state index in [2.05, 4.69) is 15.6 Å². The first kappa shape index (κ1) is 19.9. The van der Waals surface area contributed by atoms with Crippen molar-refractivity contribution in [3.05, 3.63) is 17.5 Å². The number of anilines is 1. The van der Waals surface area contributed by atoms with Crippen molar-refractivity contribution in [2.45, 2.75) is 87.8 Å². The van der Waals surface area contributed by atoms with Crippen LogP contribution in [0.3, 0.4) is 0 Å². The molecular formula is C24H34N4O3. The predicted molar refractivity (Wildman–Crippen MR) is 116 cm³/mol. The van der Waals surface area contributed by atoms with Gasteiger partial charge in [-0.3, -0.25) is 4.79 Å². The number of hydrogen-bond acceptors (Lipinski definition) is 6. The average Bonchev–Trinajstić information content (AvgIpc) is 3.43. The standard InChI is InChI=1S/C24H34N4O3/c29-22(27-20-16-7-14-8-17(20)11-24(30,9-14)10-16)19-12-25-23(26-18-5-6-31-13-18)28-21(19)15-3-1-2-4-15/h12,14-18,20,30H,1-11,13H2,(H,27,29)(H,25,26,28)/t14?,16?,17?,18-,20-,24+/m0/s1. The number of rotatable bonds is 5. The minimum Gasteiger partial charge on any atom is -0.390 e. The Morgan fingerprint density at radius 2 is 1.90 bits per heavy atom. The van der Waals surface area contributed by atoms with Gasteiger partial charge in [0.25, 0.3) is 5.91 Å². The summed E-state index contributed by atoms with van der Waals surface area (Å²) in [5, 5.41) is 17.6. The van der Waals surface area contributed by atoms with Gasteiger partial charge in [0, 0.05) is 24.8 Å². The molecule has 1 amide bonds. The van der Waals surface area contributed by atoms with Gasteiger partial charge in [-0.15, -0.1) is 0 Å². The first-order chi connectivity index (χ1) is 15.1. The van der Waals surface area contributed by atoms with Gasteiger partial charge in [0.15, 0.2) is 0 Å². The highest BCUT2D eigenvalue weighted by molar-refractivity contribution is 5.95. The van der Waals surface area contributed by atoms with Crippen LogP contribution in [-0.4, -0.2) is 51.9 Å². The number of amides is 1. The number of ether oxygens (including phenoxy) is 1. The Morgan fingerprint density at radius 3 is 2.58 bits per heavy atom. The Labute approximate surface area is 183 Å². The van der Waals surface area contributed by atoms with Crippen LogP contribution in [0, 0.1) is 17.8 Å². The van der Waals surface area contributed by atoms with E-state index in [1.807, 2.05) is 0 Å². The number of nitrogens with one attached hydrogen (secondary N) is 2. The zero-order valence-corrected chi connectivity index (χ0v) is 18.2. The van der Waals surface area contributed by atoms with E-state index in [1.165, 1.54) is 12.8 Å². The van der Waals surface area contributed by atoms with Crippen LogP contribution in [0.25, 0.3) is 0 Å². The highest BCUT2D eigenvalue weighted by Gasteiger charge is 2.55. The molecule has 1 saturated heterocycles. The Morgan fingerprint density at radius 1 is 1.13 bits per heavy atom. The molecule has 168 valence electrons. The van der Waals surface area contributed by atoms with Crippen molar-refractivity contribution < 1.29 is 14.6 Å². The third kappa shape index (κ3) is 3.74. The molecular weight excluding hydrogens is 392 g/mol. The summed E-state index contributed by atoms with van der Waals surface area (Å²) in [5.41, 5.74) is 1.08. The Balaban J connectivity index is 1.23. The highest BCUT2D eigenvalue weighted by atomic mass is 16.5. The lowest BCUT2D eigenvalue weighted by atomic mass is 9.52. The molecule has 31 heavy (non-hydrogen) atoms. The molecule has 3 atom stereocenters. The second-order valence-electron chi connectivity index (χ2n) is 10.9. The minimum atomic E-state index is -0.479. The number of nitrogens with zero attached hydrogens (tertiary/aromatic N) is 2. The van der Waals surface area contributed by atoms with Crippen LogP contribution < -0.4 is 10.6 Å². The van der Waals surface area contributed by atoms with Gasteiger partial charge >= 0.3 is 0 Å². The van der Waals surface area contributed by atoms with E-state index in [1.54, 1.807) is 6.20 Å². The van der Waals surface area contributed by atoms with Gasteiger partial charge in [-0.1, -0.05) is 12.8 Å². The molecule has 1 aliphatic heterocycles. The van der Waals surface area contributed by atoms with Crippen LogP contribution in [0.2, 0.25) is 0 Å². The fraction of sp³-hybridized carbons (Fsp3) is 0.792. The molecule has 1 aromatic heterocycles. The van der Waals surface area contributed by atoms with Gasteiger partial charge in [-0.2, -0.15) is 0 Å². The normalized spacial score (nSPS) is 39.2. The first-order valence-corrected chi connectivity index (χ1v) is 12.3. The molecule has 4 bridgehead atoms. The van der Waals surface area contributed by atoms with Crippen LogP contribution >= 0.6 is 0 Å². The number of carbonyl (C=O) groups excluding carboxylic acids is 1. The van der Waals surface area contributed by atoms with Crippen molar-refractivity contribution in [1.82, 2.24) is 15.3 Å². The van der Waals surface area contributed by atoms with Crippen LogP contribution in [0.5, 0.6) is 0 Å². The molecule has 7 nitrogen and oxygen atoms in total. The Kier molecular flexibility index (Phi) is 4.94. The molecule has 6 aliphatic rings. The topological polar surface area (TPSA) is 96.4 Å². The largest absolute Gasteiger partial charge is 0.390 e. The number of aromatic nitrogens is 2. The summed E-state index contributed by atoms with van der Waals surface area (Å²) in [5.74, 6) is 2.37. The van der Waals surface area contributed by atoms with Gasteiger partial charge in [-0.25, -0.2) is 9.97 Å². The Bertz CT molecular complexity index is 833. The zero-order valence-electron chi connectivity index (χ0n) is 18.2. The van der Waals surface area contributed by atoms with Crippen molar-refractivity contribution in [3.8, 4) is 0 Å². The number of carbonyl (C=O) groups is 1. The molecule has 0 radical (unpaired) electrons. The van der Waals surface area contributed by atoms with Crippen LogP contribution in [0.4, 0.5) is 5.95 Å². The van der Waals surface area contributed by atoms with Crippen molar-refractivity contribution in [3.63, 3.8) is 0 Å². The first-order valence-electron chi connectivity index (χ1n) is 12.3. The van der Waals surface area contributed by atoms with E-state index in [0.29, 0.717) is 41.8 Å². The van der Waals surface area contributed by atoms with Crippen molar-refractivity contribution in [2.24, 2.45) is 17.8 Å². The smallest absolute Gasteiger partial charge is 0.254 e. The molecule has 5 aliphatic carbocycles. The minimum absolute atomic E-state index is 0.0258. The lowest BCUT2D eigenvalue weighted by Crippen LogP contribution is -2.61. The molecule has 2 heterocycles. The summed E-state index contributed by atoms with van der Waals surface area (Å²) < 4.78 is 5.46. The van der Waals surface area contributed by atoms with E-state index >= 15 is 0 Å². The van der Waals surface area contributed by atoms with E-state index in [9.17, 15) is 9.90 Å². The number of hydrogen-bond donors (Lipinski definition) is 3. The van der Waals surface area contributed by atoms with Gasteiger partial charge in [0.1, 0.15) is 0 Å². The van der Waals surface area contributed by atoms with Gasteiger partial charge in [0.2, 0.25) is 5.95 Å². The van der Waals surface area contributed by atoms with Gasteiger partial charge in [-0.05, 0) is 69.1 Å². The van der Waals surface area contributed by atoms with Crippen molar-refractivity contribution in [1.29, 1.82) is 0 Å². The predicted octanol–water partition coefficient (Wildman–Crippen LogP) is 3.00. The van der Waals surface area contributed by atoms with E-state index in [0.717, 1.165) is 63.7 Å². The number of aliphatic hydroxyl groups is 1. The fourth-order valence-corrected chi connectivity index (χ4v) is 7.43. The fourth-order valence-electron chi connectivity index (χ4n) is 7.43. The molecule has 3 N–H and O–H groups in total. The summed E-state index contributed by atoms with van der Waals surface area (Å²) in [4.78, 5) is 22.8. The zero-order chi connectivity index (χ0) is 21.0. The average molecular weight is 427 g/mol. The van der Waals surface area contributed by atoms with E-state index < -0.39 is 5.60 Å². The summed E-state index contributed by atoms with van der Waals surface area (Å²) in [6.07, 6.45) is 12.2. The second kappa shape index (κ2) is 7.69. The summed E-state index contributed by atoms with van der Waals surface area (Å²) in [6.45, 7) is 1.45. The monoisotopic (exact) mass is 426 g/mol. The molecule has 0 spiro atoms. The second-order valence-corrected chi connectivity index (χ2v) is 10.9. The maximum atomic E-state index is 13.5. The highest BCUT2D eigenvalue weighted by Crippen LogP contribution is 2.55. The third-order valence-electron chi connectivity index (χ3n) is 8.61. The van der Waals surface area contributed by atoms with Gasteiger partial charge in [0.05, 0.1) is 29.5 Å². The lowest BCUT2D eigenvalue weighted by Gasteiger charge is -2.58. The molecule has 5 saturated carbocycles. The molecule has 7 rings (SSSR count). The summed E-state index contributed by atoms with van der Waals surface area (Å²) in [7, 11) is 0. The van der Waals surface area contributed by atoms with Crippen molar-refractivity contribution >= 4 is 11.9 Å². The molecule has 1 aromatic rings. The molecule has 6 fully saturated rings. The van der Waals surface area contributed by atoms with Crippen LogP contribution in [0.1, 0.15) is 86.2 Å². The van der Waals surface area contributed by atoms with Crippen LogP contribution in [-0.2, 0) is 4.74 Å². The summed E-state index contributed by atoms with van der Waals surface area (Å²) in [6, 6.07) is 0.421. The third-order valence-corrected chi connectivity index (χ3v) is 8.61. The molecule has 0 aromatic carbocycles. The summed E-state index contributed by atoms with van der Waals surface area (Å²) >= 11 is 0. The Hall–Kier alpha value is -1.73. The van der Waals surface area contributed by atoms with Gasteiger partial charge < -0.3 is 20.5 Å². The van der Waals surface area contributed by atoms with E-state index in [4.69, 9.17) is 9.72 Å². The van der Waals surface area contributed by atoms with Crippen LogP contribution in [0.15, 0.2) is 6.20 Å². The van der Waals surface area contributed by atoms with E-state index in [-0.39, 0.29) is 18.0 Å². The maximum Gasteiger partial charge on any atom is 0.254 e. The quantitative estimate of drug-likeness (QED) is 0.670. The SMILES string of the molecule is O=C(N[C@H]1C2CC3CC1C[C@@](O)(C3)C2)c1cnc(N[C@H]2CCOC2)nc1C1CCCC1. The maximum absolute atomic E-state index is 13.5. The molecule has 2 unspecified atom stereocenters. The van der Waals surface area contributed by atoms with Crippen molar-refractivity contribution in [2.75, 3.05) is 18.5 Å².